The van der Waals surface area contributed by atoms with Gasteiger partial charge >= 0.3 is 5.97 Å². The molecular formula is C14H26N2O2. The summed E-state index contributed by atoms with van der Waals surface area (Å²) in [6.45, 7) is 5.36. The predicted octanol–water partition coefficient (Wildman–Crippen LogP) is 1.26. The van der Waals surface area contributed by atoms with Gasteiger partial charge in [-0.1, -0.05) is 0 Å². The molecule has 2 aliphatic heterocycles. The number of nitrogens with one attached hydrogen (secondary N) is 1. The second-order valence-electron chi connectivity index (χ2n) is 6.26. The fourth-order valence-electron chi connectivity index (χ4n) is 3.41. The van der Waals surface area contributed by atoms with Gasteiger partial charge in [0.25, 0.3) is 0 Å². The molecule has 2 heterocycles. The number of likely N-dealkylation sites (tertiary alicyclic amines) is 1. The van der Waals surface area contributed by atoms with E-state index in [0.29, 0.717) is 5.92 Å². The van der Waals surface area contributed by atoms with Gasteiger partial charge in [-0.3, -0.25) is 4.79 Å². The van der Waals surface area contributed by atoms with Crippen LogP contribution >= 0.6 is 0 Å². The summed E-state index contributed by atoms with van der Waals surface area (Å²) >= 11 is 0. The second-order valence-corrected chi connectivity index (χ2v) is 6.26. The van der Waals surface area contributed by atoms with Crippen LogP contribution in [0.3, 0.4) is 0 Å². The number of ether oxygens (including phenoxy) is 1. The van der Waals surface area contributed by atoms with Crippen molar-refractivity contribution in [2.24, 2.45) is 11.8 Å². The molecule has 2 saturated heterocycles. The average molecular weight is 254 g/mol. The Hall–Kier alpha value is -0.610. The fourth-order valence-corrected chi connectivity index (χ4v) is 3.41. The molecule has 0 aromatic rings. The molecule has 0 amide bonds. The van der Waals surface area contributed by atoms with E-state index in [9.17, 15) is 4.79 Å². The Morgan fingerprint density at radius 1 is 1.39 bits per heavy atom. The largest absolute Gasteiger partial charge is 0.468 e. The molecule has 2 fully saturated rings. The highest BCUT2D eigenvalue weighted by molar-refractivity contribution is 5.80. The molecule has 0 bridgehead atoms. The van der Waals surface area contributed by atoms with Gasteiger partial charge in [0.2, 0.25) is 0 Å². The lowest BCUT2D eigenvalue weighted by Crippen LogP contribution is -2.45. The summed E-state index contributed by atoms with van der Waals surface area (Å²) in [7, 11) is 3.67. The molecule has 0 saturated carbocycles. The molecule has 2 aliphatic rings. The number of hydrogen-bond donors (Lipinski definition) is 1. The maximum Gasteiger partial charge on any atom is 0.325 e. The summed E-state index contributed by atoms with van der Waals surface area (Å²) in [6, 6.07) is 0. The van der Waals surface area contributed by atoms with Crippen LogP contribution in [0.1, 0.15) is 32.6 Å². The predicted molar refractivity (Wildman–Crippen MR) is 71.4 cm³/mol. The van der Waals surface area contributed by atoms with Gasteiger partial charge in [-0.05, 0) is 71.1 Å². The van der Waals surface area contributed by atoms with Gasteiger partial charge in [-0.25, -0.2) is 0 Å². The standard InChI is InChI=1S/C14H26N2O2/c1-14(13(17)18-3)9-12(10-15-14)8-11-4-6-16(2)7-5-11/h11-12,15H,4-10H2,1-3H3. The van der Waals surface area contributed by atoms with E-state index in [1.165, 1.54) is 39.5 Å². The Kier molecular flexibility index (Phi) is 4.28. The lowest BCUT2D eigenvalue weighted by molar-refractivity contribution is -0.147. The summed E-state index contributed by atoms with van der Waals surface area (Å²) in [4.78, 5) is 14.1. The minimum Gasteiger partial charge on any atom is -0.468 e. The number of piperidine rings is 1. The summed E-state index contributed by atoms with van der Waals surface area (Å²) < 4.78 is 4.88. The lowest BCUT2D eigenvalue weighted by Gasteiger charge is -2.30. The van der Waals surface area contributed by atoms with Crippen molar-refractivity contribution in [3.63, 3.8) is 0 Å². The number of carbonyl (C=O) groups is 1. The van der Waals surface area contributed by atoms with E-state index in [-0.39, 0.29) is 5.97 Å². The number of esters is 1. The van der Waals surface area contributed by atoms with Crippen LogP contribution in [0.15, 0.2) is 0 Å². The number of rotatable bonds is 3. The first-order valence-electron chi connectivity index (χ1n) is 7.05. The van der Waals surface area contributed by atoms with Crippen LogP contribution < -0.4 is 5.32 Å². The first-order chi connectivity index (χ1) is 8.53. The van der Waals surface area contributed by atoms with Crippen LogP contribution in [0, 0.1) is 11.8 Å². The molecule has 4 nitrogen and oxygen atoms in total. The van der Waals surface area contributed by atoms with E-state index in [1.54, 1.807) is 0 Å². The minimum atomic E-state index is -0.453. The molecule has 2 rings (SSSR count). The zero-order chi connectivity index (χ0) is 13.2. The lowest BCUT2D eigenvalue weighted by atomic mass is 9.84. The number of nitrogens with zero attached hydrogens (tertiary/aromatic N) is 1. The SMILES string of the molecule is COC(=O)C1(C)CC(CC2CCN(C)CC2)CN1. The van der Waals surface area contributed by atoms with Crippen LogP contribution in [0.5, 0.6) is 0 Å². The third kappa shape index (κ3) is 3.04. The monoisotopic (exact) mass is 254 g/mol. The molecule has 104 valence electrons. The zero-order valence-electron chi connectivity index (χ0n) is 11.9. The topological polar surface area (TPSA) is 41.6 Å². The van der Waals surface area contributed by atoms with Gasteiger partial charge in [0.1, 0.15) is 5.54 Å². The Balaban J connectivity index is 1.81. The van der Waals surface area contributed by atoms with E-state index in [1.807, 2.05) is 6.92 Å². The highest BCUT2D eigenvalue weighted by Crippen LogP contribution is 2.32. The van der Waals surface area contributed by atoms with E-state index >= 15 is 0 Å². The molecule has 0 aromatic heterocycles. The molecule has 4 heteroatoms. The molecule has 0 aromatic carbocycles. The quantitative estimate of drug-likeness (QED) is 0.770. The van der Waals surface area contributed by atoms with Crippen LogP contribution in [-0.4, -0.2) is 50.2 Å². The molecule has 0 aliphatic carbocycles. The van der Waals surface area contributed by atoms with Crippen molar-refractivity contribution in [2.45, 2.75) is 38.1 Å². The Bertz CT molecular complexity index is 300. The highest BCUT2D eigenvalue weighted by Gasteiger charge is 2.42. The Labute approximate surface area is 110 Å². The van der Waals surface area contributed by atoms with Crippen molar-refractivity contribution in [3.05, 3.63) is 0 Å². The van der Waals surface area contributed by atoms with Gasteiger partial charge in [0.05, 0.1) is 7.11 Å². The maximum absolute atomic E-state index is 11.7. The van der Waals surface area contributed by atoms with Crippen molar-refractivity contribution in [3.8, 4) is 0 Å². The van der Waals surface area contributed by atoms with Gasteiger partial charge in [-0.15, -0.1) is 0 Å². The fraction of sp³-hybridized carbons (Fsp3) is 0.929. The van der Waals surface area contributed by atoms with E-state index in [0.717, 1.165) is 18.9 Å². The normalized spacial score (nSPS) is 34.7. The molecule has 0 radical (unpaired) electrons. The van der Waals surface area contributed by atoms with Gasteiger partial charge in [0, 0.05) is 0 Å². The van der Waals surface area contributed by atoms with Crippen LogP contribution in [0.2, 0.25) is 0 Å². The summed E-state index contributed by atoms with van der Waals surface area (Å²) in [6.07, 6.45) is 4.79. The summed E-state index contributed by atoms with van der Waals surface area (Å²) in [5, 5.41) is 3.35. The van der Waals surface area contributed by atoms with Crippen LogP contribution in [0.4, 0.5) is 0 Å². The first kappa shape index (κ1) is 13.8. The number of methoxy groups -OCH3 is 1. The van der Waals surface area contributed by atoms with Gasteiger partial charge in [-0.2, -0.15) is 0 Å². The van der Waals surface area contributed by atoms with Crippen molar-refractivity contribution < 1.29 is 9.53 Å². The molecule has 18 heavy (non-hydrogen) atoms. The molecular weight excluding hydrogens is 228 g/mol. The highest BCUT2D eigenvalue weighted by atomic mass is 16.5. The van der Waals surface area contributed by atoms with E-state index in [2.05, 4.69) is 17.3 Å². The Morgan fingerprint density at radius 3 is 2.67 bits per heavy atom. The molecule has 1 N–H and O–H groups in total. The molecule has 2 atom stereocenters. The average Bonchev–Trinajstić information content (AvgIpc) is 2.74. The Morgan fingerprint density at radius 2 is 2.06 bits per heavy atom. The van der Waals surface area contributed by atoms with Crippen molar-refractivity contribution >= 4 is 5.97 Å². The van der Waals surface area contributed by atoms with Crippen LogP contribution in [0.25, 0.3) is 0 Å². The number of carbonyl (C=O) groups excluding carboxylic acids is 1. The summed E-state index contributed by atoms with van der Waals surface area (Å²) in [5.41, 5.74) is -0.453. The van der Waals surface area contributed by atoms with Crippen molar-refractivity contribution in [2.75, 3.05) is 33.8 Å². The van der Waals surface area contributed by atoms with E-state index in [4.69, 9.17) is 4.74 Å². The zero-order valence-corrected chi connectivity index (χ0v) is 11.9. The molecule has 2 unspecified atom stereocenters. The van der Waals surface area contributed by atoms with Crippen molar-refractivity contribution in [1.82, 2.24) is 10.2 Å². The van der Waals surface area contributed by atoms with Gasteiger partial charge in [0.15, 0.2) is 0 Å². The van der Waals surface area contributed by atoms with Crippen LogP contribution in [-0.2, 0) is 9.53 Å². The van der Waals surface area contributed by atoms with E-state index < -0.39 is 5.54 Å². The summed E-state index contributed by atoms with van der Waals surface area (Å²) in [5.74, 6) is 1.35. The number of hydrogen-bond acceptors (Lipinski definition) is 4. The second kappa shape index (κ2) is 5.57. The minimum absolute atomic E-state index is 0.117. The van der Waals surface area contributed by atoms with Crippen molar-refractivity contribution in [1.29, 1.82) is 0 Å². The smallest absolute Gasteiger partial charge is 0.325 e. The maximum atomic E-state index is 11.7. The third-order valence-corrected chi connectivity index (χ3v) is 4.62. The first-order valence-corrected chi connectivity index (χ1v) is 7.05. The van der Waals surface area contributed by atoms with Gasteiger partial charge < -0.3 is 15.0 Å². The third-order valence-electron chi connectivity index (χ3n) is 4.62. The molecule has 0 spiro atoms.